The molecule has 3 rings (SSSR count). The maximum Gasteiger partial charge on any atom is 0.270 e. The number of anilines is 1. The van der Waals surface area contributed by atoms with Crippen molar-refractivity contribution in [2.75, 3.05) is 18.1 Å². The van der Waals surface area contributed by atoms with Gasteiger partial charge in [-0.2, -0.15) is 0 Å². The van der Waals surface area contributed by atoms with Gasteiger partial charge in [-0.1, -0.05) is 46.0 Å². The second kappa shape index (κ2) is 8.91. The SMILES string of the molecule is CCOc1ccc(/C=C2/SC(=S)N(c3ccc(Br)cc3)C2=O)cc1OCC. The van der Waals surface area contributed by atoms with E-state index in [1.165, 1.54) is 11.8 Å². The van der Waals surface area contributed by atoms with Crippen LogP contribution < -0.4 is 14.4 Å². The van der Waals surface area contributed by atoms with Crippen LogP contribution in [0.5, 0.6) is 11.5 Å². The number of halogens is 1. The summed E-state index contributed by atoms with van der Waals surface area (Å²) in [5.41, 5.74) is 1.61. The number of ether oxygens (including phenoxy) is 2. The molecule has 0 unspecified atom stereocenters. The molecule has 0 radical (unpaired) electrons. The molecule has 1 saturated heterocycles. The molecule has 7 heteroatoms. The minimum absolute atomic E-state index is 0.126. The highest BCUT2D eigenvalue weighted by molar-refractivity contribution is 9.10. The predicted molar refractivity (Wildman–Crippen MR) is 119 cm³/mol. The largest absolute Gasteiger partial charge is 0.490 e. The van der Waals surface area contributed by atoms with Crippen LogP contribution in [0.15, 0.2) is 51.8 Å². The summed E-state index contributed by atoms with van der Waals surface area (Å²) in [6.07, 6.45) is 1.83. The molecule has 1 amide bonds. The molecule has 1 fully saturated rings. The van der Waals surface area contributed by atoms with E-state index in [1.54, 1.807) is 4.90 Å². The van der Waals surface area contributed by atoms with Gasteiger partial charge in [-0.25, -0.2) is 0 Å². The molecule has 140 valence electrons. The summed E-state index contributed by atoms with van der Waals surface area (Å²) in [6, 6.07) is 13.1. The highest BCUT2D eigenvalue weighted by Gasteiger charge is 2.33. The van der Waals surface area contributed by atoms with E-state index in [0.717, 1.165) is 15.7 Å². The van der Waals surface area contributed by atoms with Gasteiger partial charge in [-0.3, -0.25) is 9.69 Å². The number of nitrogens with zero attached hydrogens (tertiary/aromatic N) is 1. The standard InChI is InChI=1S/C20H18BrNO3S2/c1-3-24-16-10-5-13(11-17(16)25-4-2)12-18-19(23)22(20(26)27-18)15-8-6-14(21)7-9-15/h5-12H,3-4H2,1-2H3/b18-12+. The van der Waals surface area contributed by atoms with E-state index in [4.69, 9.17) is 21.7 Å². The summed E-state index contributed by atoms with van der Waals surface area (Å²) in [7, 11) is 0. The summed E-state index contributed by atoms with van der Waals surface area (Å²) in [4.78, 5) is 15.0. The first-order valence-electron chi connectivity index (χ1n) is 8.46. The smallest absolute Gasteiger partial charge is 0.270 e. The minimum atomic E-state index is -0.126. The van der Waals surface area contributed by atoms with Gasteiger partial charge in [0.2, 0.25) is 0 Å². The van der Waals surface area contributed by atoms with E-state index in [9.17, 15) is 4.79 Å². The van der Waals surface area contributed by atoms with Crippen molar-refractivity contribution in [3.8, 4) is 11.5 Å². The fourth-order valence-electron chi connectivity index (χ4n) is 2.59. The molecular weight excluding hydrogens is 446 g/mol. The van der Waals surface area contributed by atoms with Gasteiger partial charge in [0.1, 0.15) is 0 Å². The van der Waals surface area contributed by atoms with Crippen molar-refractivity contribution in [1.82, 2.24) is 0 Å². The maximum atomic E-state index is 12.9. The molecule has 0 aromatic heterocycles. The Morgan fingerprint density at radius 3 is 2.41 bits per heavy atom. The summed E-state index contributed by atoms with van der Waals surface area (Å²) >= 11 is 10.1. The van der Waals surface area contributed by atoms with Crippen LogP contribution in [0.3, 0.4) is 0 Å². The molecular formula is C20H18BrNO3S2. The van der Waals surface area contributed by atoms with Crippen LogP contribution >= 0.6 is 39.9 Å². The summed E-state index contributed by atoms with van der Waals surface area (Å²) in [5, 5.41) is 0. The zero-order chi connectivity index (χ0) is 19.4. The summed E-state index contributed by atoms with van der Waals surface area (Å²) < 4.78 is 12.7. The summed E-state index contributed by atoms with van der Waals surface area (Å²) in [5.74, 6) is 1.23. The molecule has 2 aromatic carbocycles. The van der Waals surface area contributed by atoms with E-state index in [-0.39, 0.29) is 5.91 Å². The molecule has 0 spiro atoms. The number of carbonyl (C=O) groups excluding carboxylic acids is 1. The van der Waals surface area contributed by atoms with Crippen LogP contribution in [0.1, 0.15) is 19.4 Å². The van der Waals surface area contributed by atoms with Gasteiger partial charge >= 0.3 is 0 Å². The molecule has 0 N–H and O–H groups in total. The average Bonchev–Trinajstić information content (AvgIpc) is 2.92. The zero-order valence-corrected chi connectivity index (χ0v) is 18.1. The van der Waals surface area contributed by atoms with E-state index in [1.807, 2.05) is 62.4 Å². The van der Waals surface area contributed by atoms with Gasteiger partial charge in [0.05, 0.1) is 23.8 Å². The van der Waals surface area contributed by atoms with Crippen molar-refractivity contribution in [2.45, 2.75) is 13.8 Å². The lowest BCUT2D eigenvalue weighted by Gasteiger charge is -2.14. The first-order valence-corrected chi connectivity index (χ1v) is 10.5. The lowest BCUT2D eigenvalue weighted by atomic mass is 10.1. The normalized spacial score (nSPS) is 15.5. The van der Waals surface area contributed by atoms with Crippen LogP contribution in [0, 0.1) is 0 Å². The number of amides is 1. The van der Waals surface area contributed by atoms with E-state index in [0.29, 0.717) is 33.9 Å². The van der Waals surface area contributed by atoms with E-state index in [2.05, 4.69) is 15.9 Å². The Balaban J connectivity index is 1.89. The molecule has 0 atom stereocenters. The van der Waals surface area contributed by atoms with Gasteiger partial charge in [-0.15, -0.1) is 0 Å². The third-order valence-electron chi connectivity index (χ3n) is 3.74. The molecule has 0 aliphatic carbocycles. The van der Waals surface area contributed by atoms with Crippen LogP contribution in [0.25, 0.3) is 6.08 Å². The molecule has 1 heterocycles. The van der Waals surface area contributed by atoms with E-state index < -0.39 is 0 Å². The first kappa shape index (κ1) is 19.9. The van der Waals surface area contributed by atoms with E-state index >= 15 is 0 Å². The monoisotopic (exact) mass is 463 g/mol. The topological polar surface area (TPSA) is 38.8 Å². The van der Waals surface area contributed by atoms with Gasteiger partial charge in [-0.05, 0) is 61.9 Å². The third kappa shape index (κ3) is 4.54. The van der Waals surface area contributed by atoms with Crippen molar-refractivity contribution >= 4 is 61.9 Å². The lowest BCUT2D eigenvalue weighted by Crippen LogP contribution is -2.27. The van der Waals surface area contributed by atoms with Crippen molar-refractivity contribution in [3.63, 3.8) is 0 Å². The van der Waals surface area contributed by atoms with Crippen LogP contribution in [-0.2, 0) is 4.79 Å². The van der Waals surface area contributed by atoms with Gasteiger partial charge in [0, 0.05) is 4.47 Å². The fraction of sp³-hybridized carbons (Fsp3) is 0.200. The zero-order valence-electron chi connectivity index (χ0n) is 14.9. The fourth-order valence-corrected chi connectivity index (χ4v) is 4.15. The molecule has 0 bridgehead atoms. The number of hydrogen-bond acceptors (Lipinski definition) is 5. The Morgan fingerprint density at radius 2 is 1.74 bits per heavy atom. The molecule has 0 saturated carbocycles. The molecule has 2 aromatic rings. The van der Waals surface area contributed by atoms with Crippen molar-refractivity contribution in [2.24, 2.45) is 0 Å². The quantitative estimate of drug-likeness (QED) is 0.408. The average molecular weight is 464 g/mol. The van der Waals surface area contributed by atoms with Crippen molar-refractivity contribution < 1.29 is 14.3 Å². The predicted octanol–water partition coefficient (Wildman–Crippen LogP) is 5.65. The lowest BCUT2D eigenvalue weighted by molar-refractivity contribution is -0.113. The van der Waals surface area contributed by atoms with Crippen molar-refractivity contribution in [1.29, 1.82) is 0 Å². The Bertz CT molecular complexity index is 897. The number of benzene rings is 2. The maximum absolute atomic E-state index is 12.9. The number of carbonyl (C=O) groups is 1. The Labute approximate surface area is 176 Å². The van der Waals surface area contributed by atoms with Crippen LogP contribution in [-0.4, -0.2) is 23.4 Å². The Hall–Kier alpha value is -1.83. The number of hydrogen-bond donors (Lipinski definition) is 0. The Kier molecular flexibility index (Phi) is 6.57. The van der Waals surface area contributed by atoms with Gasteiger partial charge in [0.15, 0.2) is 15.8 Å². The molecule has 4 nitrogen and oxygen atoms in total. The first-order chi connectivity index (χ1) is 13.0. The Morgan fingerprint density at radius 1 is 1.07 bits per heavy atom. The number of rotatable bonds is 6. The van der Waals surface area contributed by atoms with Crippen LogP contribution in [0.4, 0.5) is 5.69 Å². The van der Waals surface area contributed by atoms with Gasteiger partial charge in [0.25, 0.3) is 5.91 Å². The summed E-state index contributed by atoms with van der Waals surface area (Å²) in [6.45, 7) is 4.95. The van der Waals surface area contributed by atoms with Crippen molar-refractivity contribution in [3.05, 3.63) is 57.4 Å². The highest BCUT2D eigenvalue weighted by Crippen LogP contribution is 2.37. The molecule has 1 aliphatic rings. The minimum Gasteiger partial charge on any atom is -0.490 e. The number of thiocarbonyl (C=S) groups is 1. The second-order valence-electron chi connectivity index (χ2n) is 5.57. The highest BCUT2D eigenvalue weighted by atomic mass is 79.9. The van der Waals surface area contributed by atoms with Crippen LogP contribution in [0.2, 0.25) is 0 Å². The number of thioether (sulfide) groups is 1. The second-order valence-corrected chi connectivity index (χ2v) is 8.16. The van der Waals surface area contributed by atoms with Gasteiger partial charge < -0.3 is 9.47 Å². The molecule has 1 aliphatic heterocycles. The molecule has 27 heavy (non-hydrogen) atoms. The third-order valence-corrected chi connectivity index (χ3v) is 5.57.